The van der Waals surface area contributed by atoms with E-state index in [1.54, 1.807) is 0 Å². The van der Waals surface area contributed by atoms with Gasteiger partial charge in [-0.2, -0.15) is 5.26 Å². The van der Waals surface area contributed by atoms with Crippen molar-refractivity contribution in [3.05, 3.63) is 17.7 Å². The van der Waals surface area contributed by atoms with Gasteiger partial charge in [0.2, 0.25) is 5.91 Å². The second-order valence-electron chi connectivity index (χ2n) is 6.41. The molecule has 1 aromatic rings. The Morgan fingerprint density at radius 1 is 1.48 bits per heavy atom. The largest absolute Gasteiger partial charge is 0.350 e. The summed E-state index contributed by atoms with van der Waals surface area (Å²) < 4.78 is 2.13. The smallest absolute Gasteiger partial charge is 0.240 e. The van der Waals surface area contributed by atoms with Crippen LogP contribution in [0, 0.1) is 23.7 Å². The molecule has 1 aliphatic heterocycles. The molecule has 1 aliphatic carbocycles. The number of hydrogen-bond acceptors (Lipinski definition) is 3. The number of nitrogens with one attached hydrogen (secondary N) is 1. The molecule has 1 amide bonds. The highest BCUT2D eigenvalue weighted by atomic mass is 16.2. The summed E-state index contributed by atoms with van der Waals surface area (Å²) in [5.74, 6) is 1.04. The summed E-state index contributed by atoms with van der Waals surface area (Å²) in [5, 5.41) is 12.6. The van der Waals surface area contributed by atoms with Crippen LogP contribution in [-0.4, -0.2) is 21.5 Å². The predicted molar refractivity (Wildman–Crippen MR) is 78.3 cm³/mol. The van der Waals surface area contributed by atoms with Gasteiger partial charge in [-0.15, -0.1) is 0 Å². The molecule has 0 radical (unpaired) electrons. The number of nitrogens with zero attached hydrogens (tertiary/aromatic N) is 3. The minimum Gasteiger partial charge on any atom is -0.350 e. The topological polar surface area (TPSA) is 70.7 Å². The number of carbonyl (C=O) groups is 1. The number of aromatic nitrogens is 2. The molecule has 2 heterocycles. The first-order valence-corrected chi connectivity index (χ1v) is 7.88. The van der Waals surface area contributed by atoms with Crippen LogP contribution in [0.25, 0.3) is 0 Å². The maximum absolute atomic E-state index is 12.6. The zero-order valence-corrected chi connectivity index (χ0v) is 12.6. The quantitative estimate of drug-likeness (QED) is 0.905. The molecule has 1 aromatic heterocycles. The summed E-state index contributed by atoms with van der Waals surface area (Å²) >= 11 is 0. The van der Waals surface area contributed by atoms with Crippen LogP contribution in [0.5, 0.6) is 0 Å². The van der Waals surface area contributed by atoms with Crippen LogP contribution in [0.3, 0.4) is 0 Å². The van der Waals surface area contributed by atoms with E-state index >= 15 is 0 Å². The molecular formula is C16H22N4O. The fourth-order valence-corrected chi connectivity index (χ4v) is 3.57. The molecule has 0 bridgehead atoms. The van der Waals surface area contributed by atoms with Crippen molar-refractivity contribution >= 4 is 5.91 Å². The minimum absolute atomic E-state index is 0.0602. The lowest BCUT2D eigenvalue weighted by molar-refractivity contribution is -0.130. The van der Waals surface area contributed by atoms with Crippen molar-refractivity contribution in [2.45, 2.75) is 64.5 Å². The number of carbonyl (C=O) groups excluding carboxylic acids is 1. The maximum Gasteiger partial charge on any atom is 0.240 e. The van der Waals surface area contributed by atoms with Gasteiger partial charge in [-0.3, -0.25) is 4.79 Å². The molecule has 112 valence electrons. The molecule has 0 unspecified atom stereocenters. The molecular weight excluding hydrogens is 264 g/mol. The molecule has 3 rings (SSSR count). The fraction of sp³-hybridized carbons (Fsp3) is 0.688. The van der Waals surface area contributed by atoms with E-state index in [-0.39, 0.29) is 11.9 Å². The van der Waals surface area contributed by atoms with Gasteiger partial charge in [0.25, 0.3) is 0 Å². The fourth-order valence-electron chi connectivity index (χ4n) is 3.57. The summed E-state index contributed by atoms with van der Waals surface area (Å²) in [5.41, 5.74) is 0.237. The molecule has 5 nitrogen and oxygen atoms in total. The third kappa shape index (κ3) is 2.67. The molecule has 21 heavy (non-hydrogen) atoms. The van der Waals surface area contributed by atoms with E-state index in [4.69, 9.17) is 0 Å². The molecule has 1 N–H and O–H groups in total. The van der Waals surface area contributed by atoms with Crippen LogP contribution in [0.2, 0.25) is 0 Å². The van der Waals surface area contributed by atoms with E-state index in [1.807, 2.05) is 13.1 Å². The van der Waals surface area contributed by atoms with E-state index in [2.05, 4.69) is 20.9 Å². The zero-order valence-electron chi connectivity index (χ0n) is 12.6. The second-order valence-corrected chi connectivity index (χ2v) is 6.41. The number of fused-ring (bicyclic) bond motifs is 1. The molecule has 0 saturated heterocycles. The number of amides is 1. The third-order valence-electron chi connectivity index (χ3n) is 4.80. The molecule has 2 aliphatic rings. The Kier molecular flexibility index (Phi) is 3.71. The van der Waals surface area contributed by atoms with Crippen LogP contribution < -0.4 is 5.32 Å². The van der Waals surface area contributed by atoms with Crippen molar-refractivity contribution in [3.63, 3.8) is 0 Å². The van der Waals surface area contributed by atoms with Crippen LogP contribution in [0.1, 0.15) is 50.0 Å². The molecule has 1 atom stereocenters. The lowest BCUT2D eigenvalue weighted by Crippen LogP contribution is -2.48. The van der Waals surface area contributed by atoms with Crippen molar-refractivity contribution < 1.29 is 4.79 Å². The molecule has 1 fully saturated rings. The van der Waals surface area contributed by atoms with Gasteiger partial charge in [-0.05, 0) is 26.2 Å². The summed E-state index contributed by atoms with van der Waals surface area (Å²) in [6, 6.07) is 2.42. The Labute approximate surface area is 125 Å². The maximum atomic E-state index is 12.6. The highest BCUT2D eigenvalue weighted by molar-refractivity contribution is 5.85. The summed E-state index contributed by atoms with van der Waals surface area (Å²) in [6.45, 7) is 2.76. The summed E-state index contributed by atoms with van der Waals surface area (Å²) in [6.07, 6.45) is 8.34. The number of hydrogen-bond donors (Lipinski definition) is 1. The van der Waals surface area contributed by atoms with Crippen LogP contribution in [0.15, 0.2) is 6.20 Å². The third-order valence-corrected chi connectivity index (χ3v) is 4.80. The van der Waals surface area contributed by atoms with Gasteiger partial charge >= 0.3 is 0 Å². The molecule has 0 aromatic carbocycles. The van der Waals surface area contributed by atoms with Crippen molar-refractivity contribution in [1.82, 2.24) is 14.9 Å². The Morgan fingerprint density at radius 3 is 2.95 bits per heavy atom. The van der Waals surface area contributed by atoms with E-state index in [1.165, 1.54) is 0 Å². The number of imidazole rings is 1. The second kappa shape index (κ2) is 5.51. The highest BCUT2D eigenvalue weighted by Gasteiger charge is 2.40. The van der Waals surface area contributed by atoms with Gasteiger partial charge in [0, 0.05) is 25.2 Å². The summed E-state index contributed by atoms with van der Waals surface area (Å²) in [7, 11) is 0. The van der Waals surface area contributed by atoms with Gasteiger partial charge in [-0.1, -0.05) is 19.3 Å². The number of rotatable bonds is 2. The standard InChI is InChI=1S/C16H22N4O/c1-12-9-20-10-13(5-6-14(20)18-12)19-15(21)16(11-17)7-3-2-4-8-16/h9,13H,2-8,10H2,1H3,(H,19,21)/t13-/m1/s1. The lowest BCUT2D eigenvalue weighted by Gasteiger charge is -2.32. The first-order valence-electron chi connectivity index (χ1n) is 7.88. The van der Waals surface area contributed by atoms with Crippen LogP contribution in [-0.2, 0) is 17.8 Å². The van der Waals surface area contributed by atoms with Crippen molar-refractivity contribution in [1.29, 1.82) is 5.26 Å². The normalized spacial score (nSPS) is 23.9. The Morgan fingerprint density at radius 2 is 2.24 bits per heavy atom. The first kappa shape index (κ1) is 14.1. The van der Waals surface area contributed by atoms with Gasteiger partial charge in [-0.25, -0.2) is 4.98 Å². The number of nitriles is 1. The van der Waals surface area contributed by atoms with Crippen LogP contribution >= 0.6 is 0 Å². The number of aryl methyl sites for hydroxylation is 2. The Bertz CT molecular complexity index is 578. The SMILES string of the molecule is Cc1cn2c(n1)CC[C@@H](NC(=O)C1(C#N)CCCCC1)C2. The minimum atomic E-state index is -0.788. The average Bonchev–Trinajstić information content (AvgIpc) is 2.87. The van der Waals surface area contributed by atoms with E-state index in [9.17, 15) is 10.1 Å². The van der Waals surface area contributed by atoms with E-state index < -0.39 is 5.41 Å². The lowest BCUT2D eigenvalue weighted by atomic mass is 9.74. The van der Waals surface area contributed by atoms with E-state index in [0.29, 0.717) is 12.8 Å². The molecule has 1 saturated carbocycles. The average molecular weight is 286 g/mol. The Hall–Kier alpha value is -1.83. The first-order chi connectivity index (χ1) is 10.1. The highest BCUT2D eigenvalue weighted by Crippen LogP contribution is 2.36. The van der Waals surface area contributed by atoms with Gasteiger partial charge in [0.15, 0.2) is 0 Å². The van der Waals surface area contributed by atoms with Gasteiger partial charge < -0.3 is 9.88 Å². The van der Waals surface area contributed by atoms with Gasteiger partial charge in [0.05, 0.1) is 11.8 Å². The monoisotopic (exact) mass is 286 g/mol. The van der Waals surface area contributed by atoms with E-state index in [0.717, 1.165) is 50.2 Å². The predicted octanol–water partition coefficient (Wildman–Crippen LogP) is 2.10. The molecule has 0 spiro atoms. The van der Waals surface area contributed by atoms with Crippen molar-refractivity contribution in [2.75, 3.05) is 0 Å². The zero-order chi connectivity index (χ0) is 14.9. The Balaban J connectivity index is 1.67. The van der Waals surface area contributed by atoms with Crippen molar-refractivity contribution in [3.8, 4) is 6.07 Å². The van der Waals surface area contributed by atoms with Gasteiger partial charge in [0.1, 0.15) is 11.2 Å². The molecule has 5 heteroatoms. The van der Waals surface area contributed by atoms with Crippen LogP contribution in [0.4, 0.5) is 0 Å². The summed E-state index contributed by atoms with van der Waals surface area (Å²) in [4.78, 5) is 17.1. The van der Waals surface area contributed by atoms with Crippen molar-refractivity contribution in [2.24, 2.45) is 5.41 Å².